The highest BCUT2D eigenvalue weighted by Gasteiger charge is 2.17. The first-order valence-corrected chi connectivity index (χ1v) is 4.37. The Kier molecular flexibility index (Phi) is 1.86. The Bertz CT molecular complexity index is 418. The van der Waals surface area contributed by atoms with E-state index in [0.717, 1.165) is 11.3 Å². The summed E-state index contributed by atoms with van der Waals surface area (Å²) in [5.74, 6) is -0.750. The second-order valence-corrected chi connectivity index (χ2v) is 3.26. The van der Waals surface area contributed by atoms with Crippen molar-refractivity contribution in [3.8, 4) is 10.6 Å². The average Bonchev–Trinajstić information content (AvgIpc) is 2.74. The largest absolute Gasteiger partial charge is 0.476 e. The molecule has 0 aliphatic carbocycles. The Labute approximate surface area is 77.5 Å². The Morgan fingerprint density at radius 1 is 1.62 bits per heavy atom. The summed E-state index contributed by atoms with van der Waals surface area (Å²) in [6.45, 7) is 0. The highest BCUT2D eigenvalue weighted by atomic mass is 32.1. The predicted octanol–water partition coefficient (Wildman–Crippen LogP) is 2.10. The third-order valence-electron chi connectivity index (χ3n) is 1.51. The van der Waals surface area contributed by atoms with Crippen molar-refractivity contribution in [2.75, 3.05) is 0 Å². The maximum Gasteiger partial charge on any atom is 0.358 e. The number of aromatic nitrogens is 1. The molecule has 2 heterocycles. The second kappa shape index (κ2) is 3.02. The number of aromatic carboxylic acids is 1. The number of carbonyl (C=O) groups is 1. The molecule has 0 spiro atoms. The van der Waals surface area contributed by atoms with Crippen molar-refractivity contribution in [2.45, 2.75) is 0 Å². The molecule has 0 saturated heterocycles. The summed E-state index contributed by atoms with van der Waals surface area (Å²) in [4.78, 5) is 15.0. The zero-order valence-corrected chi connectivity index (χ0v) is 7.25. The Morgan fingerprint density at radius 2 is 2.46 bits per heavy atom. The van der Waals surface area contributed by atoms with Gasteiger partial charge in [0.15, 0.2) is 17.8 Å². The van der Waals surface area contributed by atoms with E-state index in [-0.39, 0.29) is 5.69 Å². The van der Waals surface area contributed by atoms with E-state index in [1.54, 1.807) is 6.07 Å². The van der Waals surface area contributed by atoms with Crippen molar-refractivity contribution in [3.05, 3.63) is 29.6 Å². The van der Waals surface area contributed by atoms with E-state index in [2.05, 4.69) is 4.98 Å². The molecular weight excluding hydrogens is 190 g/mol. The lowest BCUT2D eigenvalue weighted by Crippen LogP contribution is -1.97. The van der Waals surface area contributed by atoms with Gasteiger partial charge < -0.3 is 9.52 Å². The molecule has 5 heteroatoms. The minimum absolute atomic E-state index is 0.0394. The Morgan fingerprint density at radius 3 is 3.08 bits per heavy atom. The van der Waals surface area contributed by atoms with Crippen LogP contribution in [0.4, 0.5) is 0 Å². The van der Waals surface area contributed by atoms with Crippen LogP contribution in [0.1, 0.15) is 10.5 Å². The third kappa shape index (κ3) is 1.33. The minimum Gasteiger partial charge on any atom is -0.476 e. The molecule has 0 unspecified atom stereocenters. The topological polar surface area (TPSA) is 63.3 Å². The number of thiophene rings is 1. The smallest absolute Gasteiger partial charge is 0.358 e. The SMILES string of the molecule is O=C(O)c1ncoc1-c1cccs1. The maximum atomic E-state index is 10.7. The number of oxazole rings is 1. The lowest BCUT2D eigenvalue weighted by Gasteiger charge is -1.90. The van der Waals surface area contributed by atoms with Crippen LogP contribution in [0.3, 0.4) is 0 Å². The van der Waals surface area contributed by atoms with Crippen LogP contribution in [0.15, 0.2) is 28.3 Å². The average molecular weight is 195 g/mol. The first-order chi connectivity index (χ1) is 6.29. The van der Waals surface area contributed by atoms with Gasteiger partial charge in [0.2, 0.25) is 0 Å². The summed E-state index contributed by atoms with van der Waals surface area (Å²) < 4.78 is 4.99. The summed E-state index contributed by atoms with van der Waals surface area (Å²) >= 11 is 1.42. The molecule has 2 aromatic heterocycles. The number of nitrogens with zero attached hydrogens (tertiary/aromatic N) is 1. The van der Waals surface area contributed by atoms with Gasteiger partial charge in [0.25, 0.3) is 0 Å². The van der Waals surface area contributed by atoms with Crippen LogP contribution in [-0.2, 0) is 0 Å². The van der Waals surface area contributed by atoms with Crippen LogP contribution >= 0.6 is 11.3 Å². The van der Waals surface area contributed by atoms with Crippen LogP contribution in [0, 0.1) is 0 Å². The molecule has 0 aliphatic heterocycles. The number of hydrogen-bond acceptors (Lipinski definition) is 4. The Balaban J connectivity index is 2.52. The molecule has 0 atom stereocenters. The molecule has 0 aromatic carbocycles. The lowest BCUT2D eigenvalue weighted by molar-refractivity contribution is 0.0691. The fraction of sp³-hybridized carbons (Fsp3) is 0. The van der Waals surface area contributed by atoms with Crippen LogP contribution < -0.4 is 0 Å². The van der Waals surface area contributed by atoms with Gasteiger partial charge >= 0.3 is 5.97 Å². The van der Waals surface area contributed by atoms with Crippen LogP contribution in [-0.4, -0.2) is 16.1 Å². The summed E-state index contributed by atoms with van der Waals surface area (Å²) in [5, 5.41) is 10.6. The van der Waals surface area contributed by atoms with Gasteiger partial charge in [-0.2, -0.15) is 0 Å². The number of hydrogen-bond donors (Lipinski definition) is 1. The van der Waals surface area contributed by atoms with Gasteiger partial charge in [0.1, 0.15) is 0 Å². The summed E-state index contributed by atoms with van der Waals surface area (Å²) in [5.41, 5.74) is -0.0394. The van der Waals surface area contributed by atoms with E-state index < -0.39 is 5.97 Å². The van der Waals surface area contributed by atoms with Gasteiger partial charge in [0.05, 0.1) is 4.88 Å². The van der Waals surface area contributed by atoms with E-state index in [1.165, 1.54) is 11.3 Å². The second-order valence-electron chi connectivity index (χ2n) is 2.31. The number of carboxylic acid groups (broad SMARTS) is 1. The normalized spacial score (nSPS) is 10.2. The van der Waals surface area contributed by atoms with Crippen LogP contribution in [0.25, 0.3) is 10.6 Å². The molecule has 2 aromatic rings. The summed E-state index contributed by atoms with van der Waals surface area (Å²) in [6.07, 6.45) is 1.14. The first-order valence-electron chi connectivity index (χ1n) is 3.49. The zero-order valence-electron chi connectivity index (χ0n) is 6.43. The van der Waals surface area contributed by atoms with Crippen molar-refractivity contribution in [1.82, 2.24) is 4.98 Å². The van der Waals surface area contributed by atoms with Crippen LogP contribution in [0.2, 0.25) is 0 Å². The third-order valence-corrected chi connectivity index (χ3v) is 2.38. The molecular formula is C8H5NO3S. The molecule has 0 amide bonds. The van der Waals surface area contributed by atoms with Crippen molar-refractivity contribution >= 4 is 17.3 Å². The molecule has 66 valence electrons. The first kappa shape index (κ1) is 8.00. The molecule has 13 heavy (non-hydrogen) atoms. The number of rotatable bonds is 2. The standard InChI is InChI=1S/C8H5NO3S/c10-8(11)6-7(12-4-9-6)5-2-1-3-13-5/h1-4H,(H,10,11). The quantitative estimate of drug-likeness (QED) is 0.797. The molecule has 0 saturated carbocycles. The van der Waals surface area contributed by atoms with Gasteiger partial charge in [0, 0.05) is 0 Å². The Hall–Kier alpha value is -1.62. The van der Waals surface area contributed by atoms with Crippen molar-refractivity contribution in [3.63, 3.8) is 0 Å². The minimum atomic E-state index is -1.07. The predicted molar refractivity (Wildman–Crippen MR) is 46.8 cm³/mol. The summed E-state index contributed by atoms with van der Waals surface area (Å²) in [6, 6.07) is 3.62. The molecule has 0 radical (unpaired) electrons. The molecule has 0 fully saturated rings. The monoisotopic (exact) mass is 195 g/mol. The van der Waals surface area contributed by atoms with Gasteiger partial charge in [-0.3, -0.25) is 0 Å². The van der Waals surface area contributed by atoms with E-state index in [4.69, 9.17) is 9.52 Å². The van der Waals surface area contributed by atoms with Gasteiger partial charge in [-0.25, -0.2) is 9.78 Å². The highest BCUT2D eigenvalue weighted by Crippen LogP contribution is 2.27. The molecule has 1 N–H and O–H groups in total. The van der Waals surface area contributed by atoms with E-state index in [1.807, 2.05) is 11.4 Å². The maximum absolute atomic E-state index is 10.7. The fourth-order valence-electron chi connectivity index (χ4n) is 0.981. The number of carboxylic acids is 1. The van der Waals surface area contributed by atoms with Gasteiger partial charge in [-0.15, -0.1) is 11.3 Å². The van der Waals surface area contributed by atoms with Crippen molar-refractivity contribution < 1.29 is 14.3 Å². The van der Waals surface area contributed by atoms with Crippen molar-refractivity contribution in [1.29, 1.82) is 0 Å². The molecule has 0 bridgehead atoms. The van der Waals surface area contributed by atoms with E-state index in [0.29, 0.717) is 5.76 Å². The highest BCUT2D eigenvalue weighted by molar-refractivity contribution is 7.13. The van der Waals surface area contributed by atoms with Gasteiger partial charge in [-0.05, 0) is 11.4 Å². The van der Waals surface area contributed by atoms with E-state index >= 15 is 0 Å². The fourth-order valence-corrected chi connectivity index (χ4v) is 1.69. The lowest BCUT2D eigenvalue weighted by atomic mass is 10.3. The summed E-state index contributed by atoms with van der Waals surface area (Å²) in [7, 11) is 0. The van der Waals surface area contributed by atoms with Gasteiger partial charge in [-0.1, -0.05) is 6.07 Å². The van der Waals surface area contributed by atoms with Crippen molar-refractivity contribution in [2.24, 2.45) is 0 Å². The molecule has 4 nitrogen and oxygen atoms in total. The zero-order chi connectivity index (χ0) is 9.26. The van der Waals surface area contributed by atoms with Crippen LogP contribution in [0.5, 0.6) is 0 Å². The van der Waals surface area contributed by atoms with E-state index in [9.17, 15) is 4.79 Å². The molecule has 0 aliphatic rings. The molecule has 2 rings (SSSR count).